The first-order chi connectivity index (χ1) is 11.3. The number of hydrogen-bond donors (Lipinski definition) is 0. The Labute approximate surface area is 142 Å². The number of benzene rings is 1. The van der Waals surface area contributed by atoms with Gasteiger partial charge >= 0.3 is 0 Å². The van der Waals surface area contributed by atoms with E-state index in [1.807, 2.05) is 4.90 Å². The van der Waals surface area contributed by atoms with Crippen LogP contribution in [0.2, 0.25) is 0 Å². The fourth-order valence-corrected chi connectivity index (χ4v) is 5.21. The largest absolute Gasteiger partial charge is 0.317 e. The van der Waals surface area contributed by atoms with E-state index >= 15 is 0 Å². The number of aromatic nitrogens is 1. The van der Waals surface area contributed by atoms with Gasteiger partial charge in [0, 0.05) is 30.7 Å². The minimum Gasteiger partial charge on any atom is -0.317 e. The molecule has 1 atom stereocenters. The summed E-state index contributed by atoms with van der Waals surface area (Å²) in [5, 5.41) is 0.105. The molecular formula is C15H15F2N3O2S2. The quantitative estimate of drug-likeness (QED) is 0.814. The molecule has 0 N–H and O–H groups in total. The Bertz CT molecular complexity index is 915. The third-order valence-electron chi connectivity index (χ3n) is 4.77. The molecule has 1 spiro atoms. The summed E-state index contributed by atoms with van der Waals surface area (Å²) in [6.45, 7) is 1.16. The first kappa shape index (κ1) is 15.9. The fraction of sp³-hybridized carbons (Fsp3) is 0.400. The van der Waals surface area contributed by atoms with Gasteiger partial charge < -0.3 is 4.90 Å². The lowest BCUT2D eigenvalue weighted by molar-refractivity contribution is 0.437. The standard InChI is InChI=1S/C15H15F2N3O2S2/c1-24(21,22)19-5-4-15(8-19)9-20(14-18-7-13(17)23-14)12-3-2-10(16)6-11(12)15/h2-3,6-7H,4-5,8-9H2,1H3. The van der Waals surface area contributed by atoms with Gasteiger partial charge in [0.15, 0.2) is 10.3 Å². The smallest absolute Gasteiger partial charge is 0.211 e. The van der Waals surface area contributed by atoms with Crippen molar-refractivity contribution in [1.82, 2.24) is 9.29 Å². The molecule has 3 heterocycles. The molecule has 2 aromatic rings. The van der Waals surface area contributed by atoms with Crippen molar-refractivity contribution in [3.8, 4) is 0 Å². The van der Waals surface area contributed by atoms with Crippen molar-refractivity contribution in [3.63, 3.8) is 0 Å². The molecule has 2 aliphatic rings. The van der Waals surface area contributed by atoms with Crippen LogP contribution < -0.4 is 4.90 Å². The maximum absolute atomic E-state index is 13.8. The second kappa shape index (κ2) is 5.21. The summed E-state index contributed by atoms with van der Waals surface area (Å²) < 4.78 is 52.4. The average molecular weight is 371 g/mol. The number of rotatable bonds is 2. The molecule has 2 aliphatic heterocycles. The van der Waals surface area contributed by atoms with Gasteiger partial charge in [-0.05, 0) is 30.2 Å². The van der Waals surface area contributed by atoms with Crippen molar-refractivity contribution in [2.45, 2.75) is 11.8 Å². The number of hydrogen-bond acceptors (Lipinski definition) is 5. The van der Waals surface area contributed by atoms with E-state index in [0.29, 0.717) is 31.2 Å². The van der Waals surface area contributed by atoms with E-state index in [4.69, 9.17) is 0 Å². The second-order valence-corrected chi connectivity index (χ2v) is 9.26. The SMILES string of the molecule is CS(=O)(=O)N1CCC2(CN(c3ncc(F)s3)c3ccc(F)cc32)C1. The van der Waals surface area contributed by atoms with E-state index in [0.717, 1.165) is 28.8 Å². The first-order valence-corrected chi connectivity index (χ1v) is 10.1. The zero-order chi connectivity index (χ0) is 17.1. The summed E-state index contributed by atoms with van der Waals surface area (Å²) in [5.74, 6) is -0.363. The first-order valence-electron chi connectivity index (χ1n) is 7.43. The van der Waals surface area contributed by atoms with Crippen molar-refractivity contribution in [3.05, 3.63) is 40.9 Å². The summed E-state index contributed by atoms with van der Waals surface area (Å²) in [4.78, 5) is 5.94. The number of halogens is 2. The predicted molar refractivity (Wildman–Crippen MR) is 88.2 cm³/mol. The lowest BCUT2D eigenvalue weighted by Gasteiger charge is -2.25. The highest BCUT2D eigenvalue weighted by molar-refractivity contribution is 7.88. The number of nitrogens with zero attached hydrogens (tertiary/aromatic N) is 3. The van der Waals surface area contributed by atoms with Crippen LogP contribution >= 0.6 is 11.3 Å². The van der Waals surface area contributed by atoms with E-state index in [1.54, 1.807) is 6.07 Å². The lowest BCUT2D eigenvalue weighted by Crippen LogP contribution is -2.36. The van der Waals surface area contributed by atoms with E-state index in [2.05, 4.69) is 4.98 Å². The molecule has 1 saturated heterocycles. The summed E-state index contributed by atoms with van der Waals surface area (Å²) in [5.41, 5.74) is 1.04. The van der Waals surface area contributed by atoms with Crippen LogP contribution in [-0.4, -0.2) is 43.6 Å². The van der Waals surface area contributed by atoms with E-state index in [-0.39, 0.29) is 5.82 Å². The highest BCUT2D eigenvalue weighted by Crippen LogP contribution is 2.50. The number of sulfonamides is 1. The summed E-state index contributed by atoms with van der Waals surface area (Å²) in [6.07, 6.45) is 2.94. The van der Waals surface area contributed by atoms with Gasteiger partial charge in [0.05, 0.1) is 12.5 Å². The van der Waals surface area contributed by atoms with Crippen LogP contribution in [0.5, 0.6) is 0 Å². The summed E-state index contributed by atoms with van der Waals surface area (Å²) >= 11 is 0.924. The van der Waals surface area contributed by atoms with Gasteiger partial charge in [-0.25, -0.2) is 22.1 Å². The highest BCUT2D eigenvalue weighted by Gasteiger charge is 2.50. The van der Waals surface area contributed by atoms with Crippen LogP contribution in [-0.2, 0) is 15.4 Å². The third-order valence-corrected chi connectivity index (χ3v) is 6.82. The summed E-state index contributed by atoms with van der Waals surface area (Å²) in [6, 6.07) is 4.48. The maximum atomic E-state index is 13.8. The van der Waals surface area contributed by atoms with Crippen molar-refractivity contribution in [1.29, 1.82) is 0 Å². The second-order valence-electron chi connectivity index (χ2n) is 6.32. The minimum atomic E-state index is -3.31. The van der Waals surface area contributed by atoms with Gasteiger partial charge in [0.2, 0.25) is 10.0 Å². The minimum absolute atomic E-state index is 0.298. The molecule has 9 heteroatoms. The van der Waals surface area contributed by atoms with Gasteiger partial charge in [-0.2, -0.15) is 4.39 Å². The normalized spacial score (nSPS) is 24.0. The molecule has 128 valence electrons. The molecule has 1 aromatic carbocycles. The molecule has 1 aromatic heterocycles. The van der Waals surface area contributed by atoms with E-state index < -0.39 is 20.6 Å². The van der Waals surface area contributed by atoms with Gasteiger partial charge in [-0.15, -0.1) is 0 Å². The number of fused-ring (bicyclic) bond motifs is 2. The topological polar surface area (TPSA) is 53.5 Å². The van der Waals surface area contributed by atoms with Gasteiger partial charge in [-0.3, -0.25) is 0 Å². The van der Waals surface area contributed by atoms with Gasteiger partial charge in [-0.1, -0.05) is 11.3 Å². The lowest BCUT2D eigenvalue weighted by atomic mass is 9.82. The van der Waals surface area contributed by atoms with Crippen LogP contribution in [0.3, 0.4) is 0 Å². The fourth-order valence-electron chi connectivity index (χ4n) is 3.65. The molecule has 0 aliphatic carbocycles. The van der Waals surface area contributed by atoms with Crippen molar-refractivity contribution in [2.75, 3.05) is 30.8 Å². The van der Waals surface area contributed by atoms with E-state index in [1.165, 1.54) is 22.7 Å². The molecule has 0 saturated carbocycles. The number of anilines is 2. The van der Waals surface area contributed by atoms with Crippen molar-refractivity contribution >= 4 is 32.2 Å². The zero-order valence-corrected chi connectivity index (χ0v) is 14.5. The Morgan fingerprint density at radius 3 is 2.71 bits per heavy atom. The van der Waals surface area contributed by atoms with Crippen LogP contribution in [0.25, 0.3) is 0 Å². The zero-order valence-electron chi connectivity index (χ0n) is 12.9. The molecule has 0 bridgehead atoms. The molecule has 0 radical (unpaired) electrons. The van der Waals surface area contributed by atoms with Gasteiger partial charge in [0.25, 0.3) is 0 Å². The molecular weight excluding hydrogens is 356 g/mol. The average Bonchev–Trinajstić information content (AvgIpc) is 3.18. The van der Waals surface area contributed by atoms with Crippen molar-refractivity contribution in [2.24, 2.45) is 0 Å². The van der Waals surface area contributed by atoms with E-state index in [9.17, 15) is 17.2 Å². The maximum Gasteiger partial charge on any atom is 0.211 e. The molecule has 1 fully saturated rings. The Morgan fingerprint density at radius 2 is 2.08 bits per heavy atom. The molecule has 0 amide bonds. The third kappa shape index (κ3) is 2.42. The Hall–Kier alpha value is -1.58. The Morgan fingerprint density at radius 1 is 1.29 bits per heavy atom. The Kier molecular flexibility index (Phi) is 3.45. The van der Waals surface area contributed by atoms with Crippen LogP contribution in [0.1, 0.15) is 12.0 Å². The Balaban J connectivity index is 1.80. The predicted octanol–water partition coefficient (Wildman–Crippen LogP) is 2.48. The highest BCUT2D eigenvalue weighted by atomic mass is 32.2. The van der Waals surface area contributed by atoms with Crippen molar-refractivity contribution < 1.29 is 17.2 Å². The summed E-state index contributed by atoms with van der Waals surface area (Å²) in [7, 11) is -3.31. The molecule has 5 nitrogen and oxygen atoms in total. The number of thiazole rings is 1. The van der Waals surface area contributed by atoms with Crippen LogP contribution in [0.4, 0.5) is 19.6 Å². The van der Waals surface area contributed by atoms with Crippen LogP contribution in [0, 0.1) is 10.9 Å². The van der Waals surface area contributed by atoms with Crippen LogP contribution in [0.15, 0.2) is 24.4 Å². The van der Waals surface area contributed by atoms with Gasteiger partial charge in [0.1, 0.15) is 5.82 Å². The molecule has 4 rings (SSSR count). The molecule has 24 heavy (non-hydrogen) atoms. The monoisotopic (exact) mass is 371 g/mol. The molecule has 1 unspecified atom stereocenters.